The molecule has 1 aliphatic rings. The van der Waals surface area contributed by atoms with Gasteiger partial charge in [0.15, 0.2) is 11.9 Å². The Kier molecular flexibility index (Phi) is 3.14. The molecule has 0 spiro atoms. The minimum atomic E-state index is -0.408. The first kappa shape index (κ1) is 12.1. The number of fused-ring (bicyclic) bond motifs is 1. The Labute approximate surface area is 108 Å². The lowest BCUT2D eigenvalue weighted by Gasteiger charge is -2.13. The van der Waals surface area contributed by atoms with E-state index < -0.39 is 6.29 Å². The van der Waals surface area contributed by atoms with Gasteiger partial charge in [0.25, 0.3) is 5.56 Å². The van der Waals surface area contributed by atoms with Crippen molar-refractivity contribution in [1.29, 1.82) is 0 Å². The van der Waals surface area contributed by atoms with E-state index in [4.69, 9.17) is 14.2 Å². The molecular formula is C12H13N3O4. The molecule has 0 N–H and O–H groups in total. The zero-order valence-electron chi connectivity index (χ0n) is 10.4. The van der Waals surface area contributed by atoms with E-state index in [1.807, 2.05) is 0 Å². The van der Waals surface area contributed by atoms with Crippen LogP contribution in [0, 0.1) is 0 Å². The normalized spacial score (nSPS) is 16.1. The third-order valence-electron chi connectivity index (χ3n) is 2.93. The second kappa shape index (κ2) is 4.94. The van der Waals surface area contributed by atoms with Gasteiger partial charge in [0, 0.05) is 6.07 Å². The van der Waals surface area contributed by atoms with Gasteiger partial charge in [0.05, 0.1) is 44.8 Å². The maximum Gasteiger partial charge on any atom is 0.269 e. The van der Waals surface area contributed by atoms with Crippen molar-refractivity contribution in [3.63, 3.8) is 0 Å². The van der Waals surface area contributed by atoms with Gasteiger partial charge in [-0.15, -0.1) is 0 Å². The zero-order chi connectivity index (χ0) is 13.2. The lowest BCUT2D eigenvalue weighted by Crippen LogP contribution is -2.27. The van der Waals surface area contributed by atoms with E-state index in [0.717, 1.165) is 0 Å². The molecule has 0 amide bonds. The highest BCUT2D eigenvalue weighted by Gasteiger charge is 2.18. The molecule has 100 valence electrons. The predicted octanol–water partition coefficient (Wildman–Crippen LogP) is 0.173. The number of hydrogen-bond acceptors (Lipinski definition) is 6. The molecule has 19 heavy (non-hydrogen) atoms. The van der Waals surface area contributed by atoms with Gasteiger partial charge in [0.2, 0.25) is 0 Å². The quantitative estimate of drug-likeness (QED) is 0.786. The Morgan fingerprint density at radius 2 is 2.11 bits per heavy atom. The minimum Gasteiger partial charge on any atom is -0.495 e. The van der Waals surface area contributed by atoms with E-state index in [1.54, 1.807) is 19.4 Å². The summed E-state index contributed by atoms with van der Waals surface area (Å²) in [5.41, 5.74) is 0.867. The van der Waals surface area contributed by atoms with Gasteiger partial charge >= 0.3 is 0 Å². The van der Waals surface area contributed by atoms with Crippen LogP contribution in [-0.2, 0) is 16.0 Å². The Balaban J connectivity index is 2.08. The number of nitrogens with zero attached hydrogens (tertiary/aromatic N) is 3. The van der Waals surface area contributed by atoms with Crippen molar-refractivity contribution in [3.05, 3.63) is 28.8 Å². The standard InChI is InChI=1S/C12H13N3O4/c1-17-8-4-9-12(13-5-8)14-6-10(16)15(9)7-11-18-2-3-19-11/h4-6,11H,2-3,7H2,1H3. The fourth-order valence-electron chi connectivity index (χ4n) is 1.99. The van der Waals surface area contributed by atoms with E-state index in [2.05, 4.69) is 9.97 Å². The molecule has 0 aliphatic carbocycles. The highest BCUT2D eigenvalue weighted by Crippen LogP contribution is 2.16. The smallest absolute Gasteiger partial charge is 0.269 e. The second-order valence-corrected chi connectivity index (χ2v) is 4.10. The molecule has 1 saturated heterocycles. The molecule has 0 atom stereocenters. The number of ether oxygens (including phenoxy) is 3. The van der Waals surface area contributed by atoms with Gasteiger partial charge in [-0.2, -0.15) is 0 Å². The molecule has 0 unspecified atom stereocenters. The maximum atomic E-state index is 11.9. The molecule has 0 saturated carbocycles. The lowest BCUT2D eigenvalue weighted by atomic mass is 10.3. The monoisotopic (exact) mass is 263 g/mol. The first-order valence-electron chi connectivity index (χ1n) is 5.91. The number of methoxy groups -OCH3 is 1. The topological polar surface area (TPSA) is 75.5 Å². The maximum absolute atomic E-state index is 11.9. The Morgan fingerprint density at radius 3 is 2.84 bits per heavy atom. The number of aromatic nitrogens is 3. The molecule has 3 rings (SSSR count). The summed E-state index contributed by atoms with van der Waals surface area (Å²) in [5.74, 6) is 0.571. The van der Waals surface area contributed by atoms with Crippen molar-refractivity contribution < 1.29 is 14.2 Å². The summed E-state index contributed by atoms with van der Waals surface area (Å²) in [5, 5.41) is 0. The van der Waals surface area contributed by atoms with Gasteiger partial charge in [0.1, 0.15) is 5.75 Å². The summed E-state index contributed by atoms with van der Waals surface area (Å²) in [7, 11) is 1.55. The van der Waals surface area contributed by atoms with E-state index in [1.165, 1.54) is 10.8 Å². The summed E-state index contributed by atoms with van der Waals surface area (Å²) in [6.45, 7) is 1.40. The van der Waals surface area contributed by atoms with Crippen molar-refractivity contribution >= 4 is 11.2 Å². The van der Waals surface area contributed by atoms with Gasteiger partial charge < -0.3 is 14.2 Å². The number of hydrogen-bond donors (Lipinski definition) is 0. The number of pyridine rings is 1. The Bertz CT molecular complexity index is 649. The minimum absolute atomic E-state index is 0.221. The van der Waals surface area contributed by atoms with Crippen LogP contribution < -0.4 is 10.3 Å². The third-order valence-corrected chi connectivity index (χ3v) is 2.93. The molecule has 3 heterocycles. The second-order valence-electron chi connectivity index (χ2n) is 4.10. The summed E-state index contributed by atoms with van der Waals surface area (Å²) in [6, 6.07) is 1.73. The van der Waals surface area contributed by atoms with Crippen LogP contribution >= 0.6 is 0 Å². The van der Waals surface area contributed by atoms with Crippen molar-refractivity contribution in [2.24, 2.45) is 0 Å². The number of rotatable bonds is 3. The predicted molar refractivity (Wildman–Crippen MR) is 66.0 cm³/mol. The van der Waals surface area contributed by atoms with Crippen LogP contribution in [0.1, 0.15) is 0 Å². The lowest BCUT2D eigenvalue weighted by molar-refractivity contribution is -0.0523. The summed E-state index contributed by atoms with van der Waals surface area (Å²) in [6.07, 6.45) is 2.40. The van der Waals surface area contributed by atoms with Crippen LogP contribution in [0.3, 0.4) is 0 Å². The zero-order valence-corrected chi connectivity index (χ0v) is 10.4. The molecule has 0 radical (unpaired) electrons. The summed E-state index contributed by atoms with van der Waals surface area (Å²) < 4.78 is 17.4. The SMILES string of the molecule is COc1cnc2ncc(=O)n(CC3OCCO3)c2c1. The van der Waals surface area contributed by atoms with E-state index in [-0.39, 0.29) is 5.56 Å². The van der Waals surface area contributed by atoms with Gasteiger partial charge in [-0.3, -0.25) is 9.36 Å². The molecule has 7 nitrogen and oxygen atoms in total. The fraction of sp³-hybridized carbons (Fsp3) is 0.417. The third kappa shape index (κ3) is 2.29. The molecule has 2 aromatic heterocycles. The highest BCUT2D eigenvalue weighted by atomic mass is 16.7. The van der Waals surface area contributed by atoms with Gasteiger partial charge in [-0.1, -0.05) is 0 Å². The highest BCUT2D eigenvalue weighted by molar-refractivity contribution is 5.71. The van der Waals surface area contributed by atoms with Crippen LogP contribution in [0.15, 0.2) is 23.3 Å². The van der Waals surface area contributed by atoms with Crippen LogP contribution in [-0.4, -0.2) is 41.1 Å². The van der Waals surface area contributed by atoms with Gasteiger partial charge in [-0.25, -0.2) is 9.97 Å². The van der Waals surface area contributed by atoms with Crippen LogP contribution in [0.2, 0.25) is 0 Å². The first-order chi connectivity index (χ1) is 9.28. The molecular weight excluding hydrogens is 250 g/mol. The average Bonchev–Trinajstić information content (AvgIpc) is 2.94. The van der Waals surface area contributed by atoms with Crippen molar-refractivity contribution in [2.45, 2.75) is 12.8 Å². The Morgan fingerprint density at radius 1 is 1.37 bits per heavy atom. The summed E-state index contributed by atoms with van der Waals surface area (Å²) in [4.78, 5) is 20.1. The fourth-order valence-corrected chi connectivity index (χ4v) is 1.99. The molecule has 2 aromatic rings. The largest absolute Gasteiger partial charge is 0.495 e. The van der Waals surface area contributed by atoms with E-state index >= 15 is 0 Å². The molecule has 1 fully saturated rings. The Hall–Kier alpha value is -1.99. The molecule has 7 heteroatoms. The summed E-state index contributed by atoms with van der Waals surface area (Å²) >= 11 is 0. The van der Waals surface area contributed by atoms with Gasteiger partial charge in [-0.05, 0) is 0 Å². The molecule has 0 bridgehead atoms. The van der Waals surface area contributed by atoms with Crippen LogP contribution in [0.25, 0.3) is 11.2 Å². The van der Waals surface area contributed by atoms with Crippen molar-refractivity contribution in [2.75, 3.05) is 20.3 Å². The van der Waals surface area contributed by atoms with Crippen LogP contribution in [0.4, 0.5) is 0 Å². The van der Waals surface area contributed by atoms with Crippen molar-refractivity contribution in [3.8, 4) is 5.75 Å². The van der Waals surface area contributed by atoms with E-state index in [9.17, 15) is 4.79 Å². The van der Waals surface area contributed by atoms with Crippen molar-refractivity contribution in [1.82, 2.24) is 14.5 Å². The molecule has 1 aliphatic heterocycles. The first-order valence-corrected chi connectivity index (χ1v) is 5.91. The van der Waals surface area contributed by atoms with E-state index in [0.29, 0.717) is 36.7 Å². The average molecular weight is 263 g/mol. The van der Waals surface area contributed by atoms with Crippen LogP contribution in [0.5, 0.6) is 5.75 Å². The molecule has 0 aromatic carbocycles.